The Balaban J connectivity index is 2.24. The predicted molar refractivity (Wildman–Crippen MR) is 78.0 cm³/mol. The number of anilines is 1. The van der Waals surface area contributed by atoms with Gasteiger partial charge in [-0.05, 0) is 35.9 Å². The molecule has 2 rings (SSSR count). The second-order valence-electron chi connectivity index (χ2n) is 4.33. The van der Waals surface area contributed by atoms with Crippen molar-refractivity contribution in [3.05, 3.63) is 53.3 Å². The predicted octanol–water partition coefficient (Wildman–Crippen LogP) is 3.33. The largest absolute Gasteiger partial charge is 0.497 e. The van der Waals surface area contributed by atoms with Gasteiger partial charge in [0.15, 0.2) is 0 Å². The van der Waals surface area contributed by atoms with Gasteiger partial charge in [-0.25, -0.2) is 4.39 Å². The summed E-state index contributed by atoms with van der Waals surface area (Å²) in [6.07, 6.45) is 0. The minimum atomic E-state index is -0.372. The minimum Gasteiger partial charge on any atom is -0.497 e. The molecule has 4 nitrogen and oxygen atoms in total. The number of hydrogen-bond acceptors (Lipinski definition) is 4. The van der Waals surface area contributed by atoms with Crippen molar-refractivity contribution in [2.24, 2.45) is 0 Å². The minimum absolute atomic E-state index is 0.310. The van der Waals surface area contributed by atoms with E-state index < -0.39 is 0 Å². The van der Waals surface area contributed by atoms with Crippen molar-refractivity contribution in [2.45, 2.75) is 6.54 Å². The summed E-state index contributed by atoms with van der Waals surface area (Å²) in [4.78, 5) is 0. The van der Waals surface area contributed by atoms with Gasteiger partial charge >= 0.3 is 0 Å². The number of benzene rings is 2. The van der Waals surface area contributed by atoms with Gasteiger partial charge in [-0.1, -0.05) is 0 Å². The van der Waals surface area contributed by atoms with Crippen LogP contribution >= 0.6 is 0 Å². The Morgan fingerprint density at radius 2 is 1.95 bits per heavy atom. The summed E-state index contributed by atoms with van der Waals surface area (Å²) >= 11 is 0. The quantitative estimate of drug-likeness (QED) is 0.916. The van der Waals surface area contributed by atoms with Gasteiger partial charge in [0.05, 0.1) is 31.5 Å². The first kappa shape index (κ1) is 14.7. The van der Waals surface area contributed by atoms with E-state index in [9.17, 15) is 4.39 Å². The third-order valence-electron chi connectivity index (χ3n) is 3.06. The van der Waals surface area contributed by atoms with Crippen LogP contribution < -0.4 is 14.8 Å². The number of nitrogens with one attached hydrogen (secondary N) is 1. The Labute approximate surface area is 122 Å². The molecule has 0 spiro atoms. The first-order valence-corrected chi connectivity index (χ1v) is 6.32. The van der Waals surface area contributed by atoms with Crippen LogP contribution in [-0.4, -0.2) is 14.2 Å². The second kappa shape index (κ2) is 6.62. The van der Waals surface area contributed by atoms with Gasteiger partial charge < -0.3 is 14.8 Å². The van der Waals surface area contributed by atoms with E-state index in [0.29, 0.717) is 34.9 Å². The Morgan fingerprint density at radius 1 is 1.14 bits per heavy atom. The lowest BCUT2D eigenvalue weighted by Gasteiger charge is -2.13. The molecule has 0 fully saturated rings. The Kier molecular flexibility index (Phi) is 4.62. The van der Waals surface area contributed by atoms with Crippen molar-refractivity contribution in [3.8, 4) is 17.6 Å². The third kappa shape index (κ3) is 3.42. The summed E-state index contributed by atoms with van der Waals surface area (Å²) in [6, 6.07) is 11.5. The molecule has 0 saturated heterocycles. The van der Waals surface area contributed by atoms with Crippen molar-refractivity contribution in [3.63, 3.8) is 0 Å². The van der Waals surface area contributed by atoms with E-state index in [1.54, 1.807) is 32.4 Å². The monoisotopic (exact) mass is 286 g/mol. The Hall–Kier alpha value is -2.74. The number of methoxy groups -OCH3 is 2. The van der Waals surface area contributed by atoms with E-state index in [0.717, 1.165) is 0 Å². The average molecular weight is 286 g/mol. The van der Waals surface area contributed by atoms with Gasteiger partial charge in [0, 0.05) is 12.6 Å². The third-order valence-corrected chi connectivity index (χ3v) is 3.06. The number of rotatable bonds is 5. The molecule has 0 amide bonds. The van der Waals surface area contributed by atoms with Gasteiger partial charge in [0.1, 0.15) is 17.3 Å². The topological polar surface area (TPSA) is 54.3 Å². The van der Waals surface area contributed by atoms with Crippen molar-refractivity contribution in [1.82, 2.24) is 0 Å². The van der Waals surface area contributed by atoms with Gasteiger partial charge in [-0.15, -0.1) is 0 Å². The lowest BCUT2D eigenvalue weighted by molar-refractivity contribution is 0.404. The van der Waals surface area contributed by atoms with Crippen molar-refractivity contribution < 1.29 is 13.9 Å². The lowest BCUT2D eigenvalue weighted by atomic mass is 10.1. The zero-order valence-corrected chi connectivity index (χ0v) is 11.8. The van der Waals surface area contributed by atoms with Crippen LogP contribution in [-0.2, 0) is 6.54 Å². The molecule has 2 aromatic rings. The molecule has 0 saturated carbocycles. The molecule has 0 aliphatic carbocycles. The molecule has 0 aromatic heterocycles. The smallest absolute Gasteiger partial charge is 0.142 e. The van der Waals surface area contributed by atoms with Crippen molar-refractivity contribution >= 4 is 5.69 Å². The van der Waals surface area contributed by atoms with Gasteiger partial charge in [0.25, 0.3) is 0 Å². The van der Waals surface area contributed by atoms with Crippen molar-refractivity contribution in [2.75, 3.05) is 19.5 Å². The van der Waals surface area contributed by atoms with Crippen LogP contribution in [0.4, 0.5) is 10.1 Å². The maximum absolute atomic E-state index is 13.3. The highest BCUT2D eigenvalue weighted by molar-refractivity contribution is 5.60. The number of nitrogens with zero attached hydrogens (tertiary/aromatic N) is 1. The average Bonchev–Trinajstić information content (AvgIpc) is 2.52. The molecular formula is C16H15FN2O2. The summed E-state index contributed by atoms with van der Waals surface area (Å²) in [7, 11) is 3.14. The van der Waals surface area contributed by atoms with E-state index in [2.05, 4.69) is 5.32 Å². The standard InChI is InChI=1S/C16H15FN2O2/c1-20-14-5-6-16(21-2)15(8-14)19-10-12-7-13(17)4-3-11(12)9-18/h3-8,19H,10H2,1-2H3. The van der Waals surface area contributed by atoms with E-state index in [1.807, 2.05) is 6.07 Å². The van der Waals surface area contributed by atoms with Crippen LogP contribution in [0.25, 0.3) is 0 Å². The van der Waals surface area contributed by atoms with E-state index in [1.165, 1.54) is 18.2 Å². The number of halogens is 1. The summed E-state index contributed by atoms with van der Waals surface area (Å²) < 4.78 is 23.7. The molecule has 2 aromatic carbocycles. The number of ether oxygens (including phenoxy) is 2. The van der Waals surface area contributed by atoms with Crippen LogP contribution in [0.2, 0.25) is 0 Å². The highest BCUT2D eigenvalue weighted by atomic mass is 19.1. The lowest BCUT2D eigenvalue weighted by Crippen LogP contribution is -2.04. The Morgan fingerprint density at radius 3 is 2.62 bits per heavy atom. The van der Waals surface area contributed by atoms with Gasteiger partial charge in [-0.3, -0.25) is 0 Å². The van der Waals surface area contributed by atoms with Crippen LogP contribution in [0.1, 0.15) is 11.1 Å². The molecule has 0 aliphatic heterocycles. The normalized spacial score (nSPS) is 9.81. The fraction of sp³-hybridized carbons (Fsp3) is 0.188. The van der Waals surface area contributed by atoms with Crippen LogP contribution in [0.15, 0.2) is 36.4 Å². The summed E-state index contributed by atoms with van der Waals surface area (Å²) in [5.41, 5.74) is 1.73. The maximum atomic E-state index is 13.3. The Bertz CT molecular complexity index is 680. The van der Waals surface area contributed by atoms with Crippen LogP contribution in [0.3, 0.4) is 0 Å². The summed E-state index contributed by atoms with van der Waals surface area (Å²) in [6.45, 7) is 0.310. The summed E-state index contributed by atoms with van der Waals surface area (Å²) in [5, 5.41) is 12.2. The first-order valence-electron chi connectivity index (χ1n) is 6.32. The summed E-state index contributed by atoms with van der Waals surface area (Å²) in [5.74, 6) is 0.951. The van der Waals surface area contributed by atoms with Crippen molar-refractivity contribution in [1.29, 1.82) is 5.26 Å². The molecule has 0 heterocycles. The molecular weight excluding hydrogens is 271 g/mol. The molecule has 0 unspecified atom stereocenters. The molecule has 21 heavy (non-hydrogen) atoms. The number of nitriles is 1. The van der Waals surface area contributed by atoms with E-state index in [-0.39, 0.29) is 5.82 Å². The first-order chi connectivity index (χ1) is 10.2. The SMILES string of the molecule is COc1ccc(OC)c(NCc2cc(F)ccc2C#N)c1. The highest BCUT2D eigenvalue weighted by Gasteiger charge is 2.07. The zero-order valence-electron chi connectivity index (χ0n) is 11.8. The second-order valence-corrected chi connectivity index (χ2v) is 4.33. The van der Waals surface area contributed by atoms with Crippen LogP contribution in [0.5, 0.6) is 11.5 Å². The van der Waals surface area contributed by atoms with E-state index >= 15 is 0 Å². The molecule has 1 N–H and O–H groups in total. The molecule has 0 radical (unpaired) electrons. The fourth-order valence-corrected chi connectivity index (χ4v) is 1.96. The molecule has 5 heteroatoms. The zero-order chi connectivity index (χ0) is 15.2. The molecule has 0 atom stereocenters. The van der Waals surface area contributed by atoms with Crippen LogP contribution in [0, 0.1) is 17.1 Å². The highest BCUT2D eigenvalue weighted by Crippen LogP contribution is 2.29. The molecule has 0 aliphatic rings. The molecule has 108 valence electrons. The number of hydrogen-bond donors (Lipinski definition) is 1. The fourth-order valence-electron chi connectivity index (χ4n) is 1.96. The maximum Gasteiger partial charge on any atom is 0.142 e. The van der Waals surface area contributed by atoms with Gasteiger partial charge in [-0.2, -0.15) is 5.26 Å². The van der Waals surface area contributed by atoms with Gasteiger partial charge in [0.2, 0.25) is 0 Å². The van der Waals surface area contributed by atoms with E-state index in [4.69, 9.17) is 14.7 Å². The molecule has 0 bridgehead atoms.